The predicted octanol–water partition coefficient (Wildman–Crippen LogP) is 5.67. The summed E-state index contributed by atoms with van der Waals surface area (Å²) in [5.74, 6) is 2.96. The van der Waals surface area contributed by atoms with Crippen LogP contribution in [0.25, 0.3) is 0 Å². The van der Waals surface area contributed by atoms with Gasteiger partial charge in [-0.05, 0) is 55.0 Å². The summed E-state index contributed by atoms with van der Waals surface area (Å²) in [5, 5.41) is 6.67. The van der Waals surface area contributed by atoms with Gasteiger partial charge in [0.25, 0.3) is 5.91 Å². The number of hydrogen-bond donors (Lipinski definition) is 2. The Morgan fingerprint density at radius 2 is 1.68 bits per heavy atom. The van der Waals surface area contributed by atoms with E-state index >= 15 is 0 Å². The molecule has 1 amide bonds. The minimum atomic E-state index is -0.577. The van der Waals surface area contributed by atoms with Gasteiger partial charge in [-0.3, -0.25) is 9.59 Å². The van der Waals surface area contributed by atoms with E-state index in [0.717, 1.165) is 17.7 Å². The van der Waals surface area contributed by atoms with Gasteiger partial charge in [0, 0.05) is 12.6 Å². The highest BCUT2D eigenvalue weighted by atomic mass is 32.2. The van der Waals surface area contributed by atoms with Crippen molar-refractivity contribution < 1.29 is 18.7 Å². The molecule has 6 nitrogen and oxygen atoms in total. The molecule has 0 bridgehead atoms. The maximum atomic E-state index is 13.3. The van der Waals surface area contributed by atoms with Crippen molar-refractivity contribution in [1.29, 1.82) is 0 Å². The number of carbonyl (C=O) groups is 2. The molecule has 0 saturated carbocycles. The van der Waals surface area contributed by atoms with Crippen LogP contribution >= 0.6 is 11.8 Å². The molecule has 3 rings (SSSR count). The summed E-state index contributed by atoms with van der Waals surface area (Å²) in [5.41, 5.74) is 1.10. The third-order valence-corrected chi connectivity index (χ3v) is 7.12. The molecule has 2 N–H and O–H groups in total. The van der Waals surface area contributed by atoms with Gasteiger partial charge in [-0.25, -0.2) is 0 Å². The van der Waals surface area contributed by atoms with Gasteiger partial charge in [0.2, 0.25) is 0 Å². The van der Waals surface area contributed by atoms with Gasteiger partial charge in [0.05, 0.1) is 23.8 Å². The number of carbonyl (C=O) groups excluding carboxylic acids is 2. The smallest absolute Gasteiger partial charge is 0.261 e. The van der Waals surface area contributed by atoms with Crippen LogP contribution in [0.15, 0.2) is 83.5 Å². The Balaban J connectivity index is 1.62. The number of Topliss-reactive ketones (excluding diaryl/α,β-unsaturated/α-hetero) is 1. The highest BCUT2D eigenvalue weighted by Crippen LogP contribution is 2.16. The minimum absolute atomic E-state index is 0.127. The molecule has 3 atom stereocenters. The number of benzene rings is 2. The zero-order chi connectivity index (χ0) is 27.2. The zero-order valence-electron chi connectivity index (χ0n) is 22.6. The Morgan fingerprint density at radius 3 is 2.32 bits per heavy atom. The lowest BCUT2D eigenvalue weighted by Crippen LogP contribution is -2.51. The molecular formula is C31H40N2O4S. The number of rotatable bonds is 17. The topological polar surface area (TPSA) is 80.6 Å². The first kappa shape index (κ1) is 29.5. The molecule has 3 aromatic rings. The molecule has 1 heterocycles. The van der Waals surface area contributed by atoms with Gasteiger partial charge >= 0.3 is 0 Å². The number of nitrogens with one attached hydrogen (secondary N) is 2. The van der Waals surface area contributed by atoms with E-state index in [1.807, 2.05) is 79.7 Å². The van der Waals surface area contributed by atoms with Crippen molar-refractivity contribution in [3.63, 3.8) is 0 Å². The van der Waals surface area contributed by atoms with Crippen molar-refractivity contribution >= 4 is 23.5 Å². The van der Waals surface area contributed by atoms with Gasteiger partial charge in [-0.15, -0.1) is 11.8 Å². The summed E-state index contributed by atoms with van der Waals surface area (Å²) in [6, 6.07) is 22.7. The highest BCUT2D eigenvalue weighted by molar-refractivity contribution is 7.99. The Hall–Kier alpha value is -3.03. The first-order chi connectivity index (χ1) is 18.4. The third-order valence-electron chi connectivity index (χ3n) is 6.14. The fourth-order valence-electron chi connectivity index (χ4n) is 4.22. The summed E-state index contributed by atoms with van der Waals surface area (Å²) in [6.45, 7) is 6.71. The third kappa shape index (κ3) is 10.4. The highest BCUT2D eigenvalue weighted by Gasteiger charge is 2.25. The lowest BCUT2D eigenvalue weighted by atomic mass is 10.0. The van der Waals surface area contributed by atoms with E-state index in [-0.39, 0.29) is 23.8 Å². The number of ketones is 1. The van der Waals surface area contributed by atoms with Crippen molar-refractivity contribution in [3.05, 3.63) is 90.4 Å². The van der Waals surface area contributed by atoms with Crippen molar-refractivity contribution in [2.24, 2.45) is 5.92 Å². The van der Waals surface area contributed by atoms with Crippen molar-refractivity contribution in [3.8, 4) is 5.75 Å². The summed E-state index contributed by atoms with van der Waals surface area (Å²) >= 11 is 1.55. The number of thioether (sulfide) groups is 1. The van der Waals surface area contributed by atoms with Gasteiger partial charge in [0.1, 0.15) is 11.5 Å². The number of ether oxygens (including phenoxy) is 1. The second-order valence-electron chi connectivity index (χ2n) is 9.85. The zero-order valence-corrected chi connectivity index (χ0v) is 23.4. The quantitative estimate of drug-likeness (QED) is 0.231. The maximum Gasteiger partial charge on any atom is 0.261 e. The van der Waals surface area contributed by atoms with E-state index < -0.39 is 6.10 Å². The van der Waals surface area contributed by atoms with E-state index in [9.17, 15) is 9.59 Å². The van der Waals surface area contributed by atoms with E-state index in [1.165, 1.54) is 0 Å². The Bertz CT molecular complexity index is 1070. The van der Waals surface area contributed by atoms with Crippen molar-refractivity contribution in [1.82, 2.24) is 10.6 Å². The lowest BCUT2D eigenvalue weighted by Gasteiger charge is -2.26. The summed E-state index contributed by atoms with van der Waals surface area (Å²) in [6.07, 6.45) is 3.02. The second-order valence-corrected chi connectivity index (χ2v) is 10.8. The van der Waals surface area contributed by atoms with E-state index in [0.29, 0.717) is 42.6 Å². The Labute approximate surface area is 230 Å². The second kappa shape index (κ2) is 16.0. The van der Waals surface area contributed by atoms with Gasteiger partial charge in [-0.1, -0.05) is 69.3 Å². The number of amides is 1. The lowest BCUT2D eigenvalue weighted by molar-refractivity contribution is -0.128. The summed E-state index contributed by atoms with van der Waals surface area (Å²) in [4.78, 5) is 26.4. The fourth-order valence-corrected chi connectivity index (χ4v) is 5.09. The van der Waals surface area contributed by atoms with Crippen LogP contribution < -0.4 is 15.4 Å². The van der Waals surface area contributed by atoms with E-state index in [1.54, 1.807) is 18.0 Å². The van der Waals surface area contributed by atoms with E-state index in [4.69, 9.17) is 9.15 Å². The summed E-state index contributed by atoms with van der Waals surface area (Å²) < 4.78 is 11.3. The average molecular weight is 537 g/mol. The van der Waals surface area contributed by atoms with Crippen molar-refractivity contribution in [2.45, 2.75) is 64.0 Å². The van der Waals surface area contributed by atoms with Crippen LogP contribution in [0.4, 0.5) is 0 Å². The molecule has 0 aliphatic carbocycles. The molecule has 0 fully saturated rings. The SMILES string of the molecule is CCC(Oc1ccccc1)C(=O)NC(CNC(Cc1ccccc1)C(=O)CSCc1ccco1)CC(C)C. The maximum absolute atomic E-state index is 13.3. The summed E-state index contributed by atoms with van der Waals surface area (Å²) in [7, 11) is 0. The average Bonchev–Trinajstić information content (AvgIpc) is 3.43. The molecule has 0 aliphatic heterocycles. The largest absolute Gasteiger partial charge is 0.481 e. The van der Waals surface area contributed by atoms with Crippen LogP contribution in [0, 0.1) is 5.92 Å². The molecule has 7 heteroatoms. The van der Waals surface area contributed by atoms with Crippen molar-refractivity contribution in [2.75, 3.05) is 12.3 Å². The normalized spacial score (nSPS) is 13.6. The number of para-hydroxylation sites is 1. The van der Waals surface area contributed by atoms with Crippen LogP contribution in [0.5, 0.6) is 5.75 Å². The molecule has 0 radical (unpaired) electrons. The molecule has 204 valence electrons. The molecule has 0 aliphatic rings. The number of hydrogen-bond acceptors (Lipinski definition) is 6. The first-order valence-corrected chi connectivity index (χ1v) is 14.5. The molecule has 0 spiro atoms. The van der Waals surface area contributed by atoms with Gasteiger partial charge in [0.15, 0.2) is 11.9 Å². The monoisotopic (exact) mass is 536 g/mol. The Morgan fingerprint density at radius 1 is 0.974 bits per heavy atom. The molecule has 2 aromatic carbocycles. The molecule has 3 unspecified atom stereocenters. The fraction of sp³-hybridized carbons (Fsp3) is 0.419. The number of furan rings is 1. The molecule has 1 aromatic heterocycles. The van der Waals surface area contributed by atoms with Gasteiger partial charge < -0.3 is 19.8 Å². The van der Waals surface area contributed by atoms with E-state index in [2.05, 4.69) is 24.5 Å². The van der Waals surface area contributed by atoms with Crippen LogP contribution in [0.3, 0.4) is 0 Å². The van der Waals surface area contributed by atoms with Crippen LogP contribution in [-0.2, 0) is 21.8 Å². The van der Waals surface area contributed by atoms with Crippen LogP contribution in [-0.4, -0.2) is 42.2 Å². The first-order valence-electron chi connectivity index (χ1n) is 13.4. The predicted molar refractivity (Wildman–Crippen MR) is 154 cm³/mol. The van der Waals surface area contributed by atoms with Gasteiger partial charge in [-0.2, -0.15) is 0 Å². The molecule has 38 heavy (non-hydrogen) atoms. The standard InChI is InChI=1S/C31H40N2O4S/c1-4-30(37-26-14-9-6-10-15-26)31(35)33-25(18-23(2)3)20-32-28(19-24-12-7-5-8-13-24)29(34)22-38-21-27-16-11-17-36-27/h5-17,23,25,28,30,32H,4,18-22H2,1-3H3,(H,33,35). The molecular weight excluding hydrogens is 496 g/mol. The molecule has 0 saturated heterocycles. The minimum Gasteiger partial charge on any atom is -0.481 e. The Kier molecular flexibility index (Phi) is 12.5. The van der Waals surface area contributed by atoms with Crippen LogP contribution in [0.2, 0.25) is 0 Å². The van der Waals surface area contributed by atoms with Crippen LogP contribution in [0.1, 0.15) is 44.9 Å².